The van der Waals surface area contributed by atoms with Gasteiger partial charge in [0.15, 0.2) is 12.2 Å². The minimum absolute atomic E-state index is 0.200. The van der Waals surface area contributed by atoms with E-state index in [-0.39, 0.29) is 19.0 Å². The molecule has 3 unspecified atom stereocenters. The Morgan fingerprint density at radius 1 is 1.24 bits per heavy atom. The van der Waals surface area contributed by atoms with Crippen molar-refractivity contribution in [2.24, 2.45) is 0 Å². The maximum absolute atomic E-state index is 14.1. The average molecular weight is 489 g/mol. The molecule has 0 spiro atoms. The molecule has 2 heterocycles. The number of anilines is 3. The Bertz CT molecular complexity index is 1350. The van der Waals surface area contributed by atoms with Gasteiger partial charge in [-0.25, -0.2) is 18.6 Å². The Labute approximate surface area is 196 Å². The fourth-order valence-corrected chi connectivity index (χ4v) is 4.35. The van der Waals surface area contributed by atoms with E-state index in [4.69, 9.17) is 14.2 Å². The number of nitrogens with one attached hydrogen (secondary N) is 2. The molecule has 2 aromatic carbocycles. The van der Waals surface area contributed by atoms with E-state index in [1.54, 1.807) is 6.07 Å². The van der Waals surface area contributed by atoms with Gasteiger partial charge in [-0.2, -0.15) is 0 Å². The van der Waals surface area contributed by atoms with Crippen LogP contribution in [0.3, 0.4) is 0 Å². The van der Waals surface area contributed by atoms with Crippen LogP contribution in [0.1, 0.15) is 12.5 Å². The molecular weight excluding hydrogens is 463 g/mol. The summed E-state index contributed by atoms with van der Waals surface area (Å²) in [6.07, 6.45) is 1.73. The predicted octanol–water partition coefficient (Wildman–Crippen LogP) is 3.20. The standard InChI is InChI=1S/C23H25FN4O5S/c1-13-7-16(28-34(3,4)30)9-18-22(13)23(26-12-25-18)27-17-6-5-15(24)8-19(17)33-21-11-31-10-20(21)32-14(2)29/h5-9,12,20-21H,3,10-11H2,1-2,4H3,(H,28,30)(H,25,26,27). The van der Waals surface area contributed by atoms with E-state index >= 15 is 0 Å². The highest BCUT2D eigenvalue weighted by Gasteiger charge is 2.33. The Hall–Kier alpha value is -3.44. The molecule has 1 saturated heterocycles. The Morgan fingerprint density at radius 3 is 2.74 bits per heavy atom. The highest BCUT2D eigenvalue weighted by molar-refractivity contribution is 8.00. The van der Waals surface area contributed by atoms with Gasteiger partial charge < -0.3 is 24.2 Å². The lowest BCUT2D eigenvalue weighted by atomic mass is 10.1. The summed E-state index contributed by atoms with van der Waals surface area (Å²) in [6, 6.07) is 7.66. The van der Waals surface area contributed by atoms with Gasteiger partial charge in [0.2, 0.25) is 0 Å². The first-order chi connectivity index (χ1) is 16.1. The topological polar surface area (TPSA) is 112 Å². The van der Waals surface area contributed by atoms with Crippen molar-refractivity contribution in [3.05, 3.63) is 48.0 Å². The Balaban J connectivity index is 1.66. The van der Waals surface area contributed by atoms with Crippen LogP contribution < -0.4 is 14.8 Å². The minimum atomic E-state index is -2.46. The second-order valence-corrected chi connectivity index (χ2v) is 10.3. The summed E-state index contributed by atoms with van der Waals surface area (Å²) in [7, 11) is -2.46. The van der Waals surface area contributed by atoms with Crippen LogP contribution in [0.5, 0.6) is 5.75 Å². The molecule has 3 atom stereocenters. The molecule has 1 aliphatic rings. The molecule has 0 saturated carbocycles. The molecule has 4 rings (SSSR count). The third-order valence-electron chi connectivity index (χ3n) is 5.04. The highest BCUT2D eigenvalue weighted by atomic mass is 32.2. The highest BCUT2D eigenvalue weighted by Crippen LogP contribution is 2.34. The predicted molar refractivity (Wildman–Crippen MR) is 130 cm³/mol. The van der Waals surface area contributed by atoms with Crippen molar-refractivity contribution < 1.29 is 27.6 Å². The van der Waals surface area contributed by atoms with Gasteiger partial charge in [-0.15, -0.1) is 0 Å². The van der Waals surface area contributed by atoms with Crippen molar-refractivity contribution >= 4 is 49.6 Å². The summed E-state index contributed by atoms with van der Waals surface area (Å²) in [5.74, 6) is 3.39. The van der Waals surface area contributed by atoms with Crippen molar-refractivity contribution in [2.75, 3.05) is 29.5 Å². The third-order valence-corrected chi connectivity index (χ3v) is 5.71. The van der Waals surface area contributed by atoms with Crippen LogP contribution in [0.4, 0.5) is 21.6 Å². The van der Waals surface area contributed by atoms with Crippen LogP contribution in [0.15, 0.2) is 36.7 Å². The normalized spacial score (nSPS) is 19.4. The maximum atomic E-state index is 14.1. The molecule has 0 aliphatic carbocycles. The van der Waals surface area contributed by atoms with Gasteiger partial charge in [-0.3, -0.25) is 4.79 Å². The number of benzene rings is 2. The molecular formula is C23H25FN4O5S. The van der Waals surface area contributed by atoms with Gasteiger partial charge in [-0.1, -0.05) is 0 Å². The van der Waals surface area contributed by atoms with Crippen molar-refractivity contribution in [1.82, 2.24) is 9.97 Å². The molecule has 0 amide bonds. The number of carbonyl (C=O) groups is 1. The number of fused-ring (bicyclic) bond motifs is 1. The summed E-state index contributed by atoms with van der Waals surface area (Å²) in [5, 5.41) is 3.93. The molecule has 0 bridgehead atoms. The van der Waals surface area contributed by atoms with Gasteiger partial charge in [0.1, 0.15) is 23.7 Å². The molecule has 1 aliphatic heterocycles. The quantitative estimate of drug-likeness (QED) is 0.385. The lowest BCUT2D eigenvalue weighted by Crippen LogP contribution is -2.34. The van der Waals surface area contributed by atoms with E-state index in [1.165, 1.54) is 37.7 Å². The lowest BCUT2D eigenvalue weighted by Gasteiger charge is -2.21. The molecule has 1 aromatic heterocycles. The second-order valence-electron chi connectivity index (χ2n) is 8.12. The largest absolute Gasteiger partial charge is 0.482 e. The van der Waals surface area contributed by atoms with Crippen LogP contribution in [-0.4, -0.2) is 57.7 Å². The van der Waals surface area contributed by atoms with E-state index < -0.39 is 33.7 Å². The first-order valence-electron chi connectivity index (χ1n) is 10.4. The monoisotopic (exact) mass is 488 g/mol. The lowest BCUT2D eigenvalue weighted by molar-refractivity contribution is -0.149. The average Bonchev–Trinajstić information content (AvgIpc) is 3.14. The summed E-state index contributed by atoms with van der Waals surface area (Å²) in [5.41, 5.74) is 2.54. The summed E-state index contributed by atoms with van der Waals surface area (Å²) >= 11 is 0. The number of aromatic nitrogens is 2. The Kier molecular flexibility index (Phi) is 6.58. The molecule has 0 radical (unpaired) electrons. The first-order valence-corrected chi connectivity index (χ1v) is 12.6. The smallest absolute Gasteiger partial charge is 0.303 e. The summed E-state index contributed by atoms with van der Waals surface area (Å²) < 4.78 is 45.6. The van der Waals surface area contributed by atoms with Crippen LogP contribution in [-0.2, 0) is 24.0 Å². The molecule has 1 fully saturated rings. The minimum Gasteiger partial charge on any atom is -0.482 e. The second kappa shape index (κ2) is 9.43. The van der Waals surface area contributed by atoms with Crippen LogP contribution >= 0.6 is 0 Å². The van der Waals surface area contributed by atoms with Crippen LogP contribution in [0, 0.1) is 12.7 Å². The van der Waals surface area contributed by atoms with E-state index in [0.717, 1.165) is 10.9 Å². The maximum Gasteiger partial charge on any atom is 0.303 e. The number of halogens is 1. The van der Waals surface area contributed by atoms with Crippen LogP contribution in [0.25, 0.3) is 10.9 Å². The number of nitrogens with zero attached hydrogens (tertiary/aromatic N) is 2. The number of hydrogen-bond donors (Lipinski definition) is 2. The van der Waals surface area contributed by atoms with Crippen molar-refractivity contribution in [1.29, 1.82) is 0 Å². The van der Waals surface area contributed by atoms with Gasteiger partial charge in [0, 0.05) is 40.0 Å². The molecule has 34 heavy (non-hydrogen) atoms. The SMILES string of the molecule is C=S(C)(=O)Nc1cc(C)c2c(Nc3ccc(F)cc3OC3COCC3OC(C)=O)ncnc2c1. The molecule has 3 aromatic rings. The third kappa shape index (κ3) is 5.54. The molecule has 180 valence electrons. The zero-order valence-corrected chi connectivity index (χ0v) is 19.8. The van der Waals surface area contributed by atoms with Gasteiger partial charge >= 0.3 is 5.97 Å². The van der Waals surface area contributed by atoms with Crippen molar-refractivity contribution in [3.8, 4) is 5.75 Å². The van der Waals surface area contributed by atoms with E-state index in [2.05, 4.69) is 25.9 Å². The number of aryl methyl sites for hydroxylation is 1. The van der Waals surface area contributed by atoms with E-state index in [0.29, 0.717) is 22.7 Å². The molecule has 11 heteroatoms. The zero-order valence-electron chi connectivity index (χ0n) is 19.0. The molecule has 9 nitrogen and oxygen atoms in total. The van der Waals surface area contributed by atoms with Gasteiger partial charge in [0.25, 0.3) is 0 Å². The van der Waals surface area contributed by atoms with E-state index in [1.807, 2.05) is 13.0 Å². The number of hydrogen-bond acceptors (Lipinski definition) is 8. The fourth-order valence-electron chi connectivity index (χ4n) is 3.73. The van der Waals surface area contributed by atoms with E-state index in [9.17, 15) is 13.4 Å². The summed E-state index contributed by atoms with van der Waals surface area (Å²) in [6.45, 7) is 3.59. The zero-order chi connectivity index (χ0) is 24.5. The van der Waals surface area contributed by atoms with Crippen molar-refractivity contribution in [3.63, 3.8) is 0 Å². The first kappa shape index (κ1) is 23.7. The number of ether oxygens (including phenoxy) is 3. The summed E-state index contributed by atoms with van der Waals surface area (Å²) in [4.78, 5) is 20.1. The van der Waals surface area contributed by atoms with Crippen LogP contribution in [0.2, 0.25) is 0 Å². The van der Waals surface area contributed by atoms with Gasteiger partial charge in [-0.05, 0) is 42.6 Å². The number of esters is 1. The van der Waals surface area contributed by atoms with Crippen molar-refractivity contribution in [2.45, 2.75) is 26.1 Å². The van der Waals surface area contributed by atoms with Gasteiger partial charge in [0.05, 0.1) is 24.4 Å². The fraction of sp³-hybridized carbons (Fsp3) is 0.304. The molecule has 2 N–H and O–H groups in total. The number of rotatable bonds is 7. The number of carbonyl (C=O) groups excluding carboxylic acids is 1. The Morgan fingerprint density at radius 2 is 2.00 bits per heavy atom.